The minimum Gasteiger partial charge on any atom is -0.480 e. The summed E-state index contributed by atoms with van der Waals surface area (Å²) in [6, 6.07) is 0. The molecule has 0 aliphatic rings. The molecule has 1 rings (SSSR count). The van der Waals surface area contributed by atoms with Crippen LogP contribution >= 0.6 is 11.8 Å². The van der Waals surface area contributed by atoms with Crippen LogP contribution in [-0.4, -0.2) is 39.8 Å². The number of carbonyl (C=O) groups is 2. The van der Waals surface area contributed by atoms with Gasteiger partial charge in [-0.2, -0.15) is 0 Å². The zero-order chi connectivity index (χ0) is 14.4. The minimum atomic E-state index is -1.05. The summed E-state index contributed by atoms with van der Waals surface area (Å²) in [5.41, 5.74) is 2.68. The third-order valence-electron chi connectivity index (χ3n) is 2.62. The Hall–Kier alpha value is -1.63. The normalized spacial score (nSPS) is 10.3. The van der Waals surface area contributed by atoms with Crippen LogP contribution in [0.3, 0.4) is 0 Å². The fourth-order valence-electron chi connectivity index (χ4n) is 1.66. The average Bonchev–Trinajstić information content (AvgIpc) is 2.34. The number of amides is 1. The van der Waals surface area contributed by atoms with Crippen molar-refractivity contribution in [3.05, 3.63) is 17.0 Å². The molecule has 19 heavy (non-hydrogen) atoms. The molecule has 0 fully saturated rings. The van der Waals surface area contributed by atoms with E-state index in [-0.39, 0.29) is 18.9 Å². The second-order valence-corrected chi connectivity index (χ2v) is 4.80. The van der Waals surface area contributed by atoms with Crippen molar-refractivity contribution >= 4 is 23.6 Å². The first kappa shape index (κ1) is 15.4. The van der Waals surface area contributed by atoms with Crippen LogP contribution in [0.4, 0.5) is 0 Å². The lowest BCUT2D eigenvalue weighted by Gasteiger charge is -2.09. The fraction of sp³-hybridized carbons (Fsp3) is 0.500. The van der Waals surface area contributed by atoms with Crippen LogP contribution in [0.25, 0.3) is 0 Å². The summed E-state index contributed by atoms with van der Waals surface area (Å²) in [7, 11) is 0. The third-order valence-corrected chi connectivity index (χ3v) is 3.17. The summed E-state index contributed by atoms with van der Waals surface area (Å²) in [5.74, 6) is -1.33. The molecule has 104 valence electrons. The van der Waals surface area contributed by atoms with Gasteiger partial charge in [0.2, 0.25) is 5.91 Å². The summed E-state index contributed by atoms with van der Waals surface area (Å²) in [6.07, 6.45) is 2.65. The molecule has 6 nitrogen and oxygen atoms in total. The number of aliphatic carboxylic acids is 1. The first-order valence-corrected chi connectivity index (χ1v) is 7.03. The summed E-state index contributed by atoms with van der Waals surface area (Å²) in [4.78, 5) is 30.4. The van der Waals surface area contributed by atoms with Gasteiger partial charge < -0.3 is 10.4 Å². The van der Waals surface area contributed by atoms with Crippen molar-refractivity contribution in [1.29, 1.82) is 0 Å². The molecule has 1 heterocycles. The van der Waals surface area contributed by atoms with E-state index in [1.807, 2.05) is 20.1 Å². The maximum Gasteiger partial charge on any atom is 0.322 e. The minimum absolute atomic E-state index is 0.233. The van der Waals surface area contributed by atoms with Gasteiger partial charge in [-0.1, -0.05) is 11.8 Å². The predicted molar refractivity (Wildman–Crippen MR) is 72.3 cm³/mol. The van der Waals surface area contributed by atoms with Gasteiger partial charge in [0, 0.05) is 17.8 Å². The Balaban J connectivity index is 2.63. The van der Waals surface area contributed by atoms with Crippen molar-refractivity contribution < 1.29 is 14.7 Å². The van der Waals surface area contributed by atoms with Crippen molar-refractivity contribution in [2.75, 3.05) is 12.8 Å². The highest BCUT2D eigenvalue weighted by Gasteiger charge is 2.11. The number of nitrogens with zero attached hydrogens (tertiary/aromatic N) is 2. The molecular weight excluding hydrogens is 266 g/mol. The Morgan fingerprint density at radius 2 is 1.84 bits per heavy atom. The Kier molecular flexibility index (Phi) is 5.75. The Bertz CT molecular complexity index is 468. The first-order chi connectivity index (χ1) is 8.93. The molecule has 0 spiro atoms. The topological polar surface area (TPSA) is 92.2 Å². The number of aromatic nitrogens is 2. The summed E-state index contributed by atoms with van der Waals surface area (Å²) >= 11 is 1.47. The predicted octanol–water partition coefficient (Wildman–Crippen LogP) is 0.949. The van der Waals surface area contributed by atoms with Crippen molar-refractivity contribution in [2.24, 2.45) is 0 Å². The Morgan fingerprint density at radius 3 is 2.32 bits per heavy atom. The quantitative estimate of drug-likeness (QED) is 0.596. The molecule has 1 aromatic rings. The highest BCUT2D eigenvalue weighted by molar-refractivity contribution is 7.98. The van der Waals surface area contributed by atoms with Crippen LogP contribution in [-0.2, 0) is 16.0 Å². The summed E-state index contributed by atoms with van der Waals surface area (Å²) in [5, 5.41) is 11.5. The lowest BCUT2D eigenvalue weighted by molar-refractivity contribution is -0.137. The van der Waals surface area contributed by atoms with Crippen molar-refractivity contribution in [1.82, 2.24) is 15.3 Å². The zero-order valence-corrected chi connectivity index (χ0v) is 12.0. The van der Waals surface area contributed by atoms with Crippen molar-refractivity contribution in [3.63, 3.8) is 0 Å². The molecule has 0 unspecified atom stereocenters. The van der Waals surface area contributed by atoms with Crippen LogP contribution in [0, 0.1) is 13.8 Å². The van der Waals surface area contributed by atoms with E-state index in [4.69, 9.17) is 5.11 Å². The van der Waals surface area contributed by atoms with E-state index in [0.29, 0.717) is 11.6 Å². The van der Waals surface area contributed by atoms with Gasteiger partial charge in [0.25, 0.3) is 0 Å². The van der Waals surface area contributed by atoms with E-state index in [1.165, 1.54) is 11.8 Å². The number of thioether (sulfide) groups is 1. The van der Waals surface area contributed by atoms with E-state index in [1.54, 1.807) is 0 Å². The highest BCUT2D eigenvalue weighted by Crippen LogP contribution is 2.16. The first-order valence-electron chi connectivity index (χ1n) is 5.80. The summed E-state index contributed by atoms with van der Waals surface area (Å²) < 4.78 is 0. The molecule has 2 N–H and O–H groups in total. The van der Waals surface area contributed by atoms with E-state index in [9.17, 15) is 9.59 Å². The number of carboxylic acids is 1. The van der Waals surface area contributed by atoms with Gasteiger partial charge in [-0.3, -0.25) is 9.59 Å². The van der Waals surface area contributed by atoms with E-state index >= 15 is 0 Å². The molecule has 0 radical (unpaired) electrons. The molecule has 0 aliphatic heterocycles. The third kappa shape index (κ3) is 4.86. The Labute approximate surface area is 116 Å². The summed E-state index contributed by atoms with van der Waals surface area (Å²) in [6.45, 7) is 3.43. The molecule has 0 bridgehead atoms. The fourth-order valence-corrected chi connectivity index (χ4v) is 2.12. The van der Waals surface area contributed by atoms with E-state index in [2.05, 4.69) is 15.3 Å². The molecule has 0 aliphatic carbocycles. The highest BCUT2D eigenvalue weighted by atomic mass is 32.2. The maximum atomic E-state index is 11.4. The number of hydrogen-bond donors (Lipinski definition) is 2. The van der Waals surface area contributed by atoms with Crippen LogP contribution < -0.4 is 5.32 Å². The smallest absolute Gasteiger partial charge is 0.322 e. The van der Waals surface area contributed by atoms with Crippen molar-refractivity contribution in [2.45, 2.75) is 31.8 Å². The molecule has 0 saturated heterocycles. The van der Waals surface area contributed by atoms with Crippen LogP contribution in [0.5, 0.6) is 0 Å². The molecule has 1 aromatic heterocycles. The number of rotatable bonds is 6. The average molecular weight is 283 g/mol. The maximum absolute atomic E-state index is 11.4. The number of carboxylic acid groups (broad SMARTS) is 1. The van der Waals surface area contributed by atoms with Gasteiger partial charge in [0.15, 0.2) is 5.16 Å². The molecule has 1 amide bonds. The van der Waals surface area contributed by atoms with Crippen LogP contribution in [0.1, 0.15) is 23.4 Å². The number of carbonyl (C=O) groups excluding carboxylic acids is 1. The van der Waals surface area contributed by atoms with Gasteiger partial charge in [-0.15, -0.1) is 0 Å². The zero-order valence-electron chi connectivity index (χ0n) is 11.2. The van der Waals surface area contributed by atoms with E-state index < -0.39 is 5.97 Å². The lowest BCUT2D eigenvalue weighted by Crippen LogP contribution is -2.29. The van der Waals surface area contributed by atoms with E-state index in [0.717, 1.165) is 17.0 Å². The van der Waals surface area contributed by atoms with Gasteiger partial charge >= 0.3 is 5.97 Å². The largest absolute Gasteiger partial charge is 0.480 e. The SMILES string of the molecule is CSc1nc(C)c(CCC(=O)NCC(=O)O)c(C)n1. The van der Waals surface area contributed by atoms with Crippen molar-refractivity contribution in [3.8, 4) is 0 Å². The second kappa shape index (κ2) is 7.08. The van der Waals surface area contributed by atoms with Crippen LogP contribution in [0.15, 0.2) is 5.16 Å². The number of nitrogens with one attached hydrogen (secondary N) is 1. The Morgan fingerprint density at radius 1 is 1.26 bits per heavy atom. The standard InChI is InChI=1S/C12H17N3O3S/c1-7-9(8(2)15-12(14-7)19-3)4-5-10(16)13-6-11(17)18/h4-6H2,1-3H3,(H,13,16)(H,17,18). The monoisotopic (exact) mass is 283 g/mol. The molecule has 0 atom stereocenters. The number of aryl methyl sites for hydroxylation is 2. The van der Waals surface area contributed by atoms with Gasteiger partial charge in [0.05, 0.1) is 0 Å². The lowest BCUT2D eigenvalue weighted by atomic mass is 10.1. The molecular formula is C12H17N3O3S. The molecule has 7 heteroatoms. The van der Waals surface area contributed by atoms with Gasteiger partial charge in [-0.05, 0) is 32.1 Å². The molecule has 0 aromatic carbocycles. The number of hydrogen-bond acceptors (Lipinski definition) is 5. The van der Waals surface area contributed by atoms with Gasteiger partial charge in [0.1, 0.15) is 6.54 Å². The molecule has 0 saturated carbocycles. The second-order valence-electron chi connectivity index (χ2n) is 4.03. The van der Waals surface area contributed by atoms with Gasteiger partial charge in [-0.25, -0.2) is 9.97 Å². The van der Waals surface area contributed by atoms with Crippen LogP contribution in [0.2, 0.25) is 0 Å².